The van der Waals surface area contributed by atoms with Crippen LogP contribution < -0.4 is 5.32 Å². The van der Waals surface area contributed by atoms with Crippen molar-refractivity contribution in [3.63, 3.8) is 0 Å². The summed E-state index contributed by atoms with van der Waals surface area (Å²) in [6, 6.07) is 10.1. The van der Waals surface area contributed by atoms with Gasteiger partial charge in [-0.1, -0.05) is 18.2 Å². The zero-order valence-corrected chi connectivity index (χ0v) is 12.1. The summed E-state index contributed by atoms with van der Waals surface area (Å²) in [4.78, 5) is 14.9. The lowest BCUT2D eigenvalue weighted by molar-refractivity contribution is 0.197. The van der Waals surface area contributed by atoms with E-state index in [0.717, 1.165) is 10.4 Å². The van der Waals surface area contributed by atoms with Crippen LogP contribution >= 0.6 is 11.3 Å². The topological polar surface area (TPSA) is 32.3 Å². The number of benzene rings is 1. The minimum Gasteiger partial charge on any atom is -0.333 e. The molecular formula is C15H17FN2OS. The number of hydrogen-bond donors (Lipinski definition) is 1. The van der Waals surface area contributed by atoms with E-state index in [4.69, 9.17) is 0 Å². The summed E-state index contributed by atoms with van der Waals surface area (Å²) in [7, 11) is 0. The lowest BCUT2D eigenvalue weighted by Crippen LogP contribution is -2.38. The van der Waals surface area contributed by atoms with Crippen LogP contribution in [0.5, 0.6) is 0 Å². The highest BCUT2D eigenvalue weighted by molar-refractivity contribution is 7.09. The number of nitrogens with one attached hydrogen (secondary N) is 1. The molecule has 0 saturated carbocycles. The molecule has 5 heteroatoms. The predicted octanol–water partition coefficient (Wildman–Crippen LogP) is 3.62. The average molecular weight is 292 g/mol. The Morgan fingerprint density at radius 3 is 2.85 bits per heavy atom. The molecule has 0 aliphatic carbocycles. The van der Waals surface area contributed by atoms with Crippen LogP contribution in [0.3, 0.4) is 0 Å². The van der Waals surface area contributed by atoms with Gasteiger partial charge in [0.2, 0.25) is 0 Å². The van der Waals surface area contributed by atoms with Crippen molar-refractivity contribution < 1.29 is 9.18 Å². The maximum Gasteiger partial charge on any atom is 0.317 e. The van der Waals surface area contributed by atoms with Gasteiger partial charge in [0.15, 0.2) is 0 Å². The van der Waals surface area contributed by atoms with Gasteiger partial charge in [-0.15, -0.1) is 11.3 Å². The molecular weight excluding hydrogens is 275 g/mol. The third-order valence-electron chi connectivity index (χ3n) is 2.93. The number of carbonyl (C=O) groups excluding carboxylic acids is 1. The molecule has 0 bridgehead atoms. The Morgan fingerprint density at radius 1 is 1.35 bits per heavy atom. The number of urea groups is 1. The molecule has 0 saturated heterocycles. The van der Waals surface area contributed by atoms with Crippen molar-refractivity contribution in [3.05, 3.63) is 58.0 Å². The van der Waals surface area contributed by atoms with Gasteiger partial charge in [0.05, 0.1) is 6.54 Å². The molecule has 0 aliphatic rings. The lowest BCUT2D eigenvalue weighted by Gasteiger charge is -2.21. The number of carbonyl (C=O) groups is 1. The van der Waals surface area contributed by atoms with E-state index in [-0.39, 0.29) is 11.8 Å². The number of rotatable bonds is 5. The standard InChI is InChI=1S/C15H17FN2OS/c1-2-18(11-12-5-3-6-13(16)9-12)15(19)17-10-14-7-4-8-20-14/h3-9H,2,10-11H2,1H3,(H,17,19). The summed E-state index contributed by atoms with van der Waals surface area (Å²) in [5.41, 5.74) is 0.790. The van der Waals surface area contributed by atoms with Crippen LogP contribution in [0.15, 0.2) is 41.8 Å². The third kappa shape index (κ3) is 4.06. The van der Waals surface area contributed by atoms with Gasteiger partial charge in [0.25, 0.3) is 0 Å². The molecule has 1 heterocycles. The normalized spacial score (nSPS) is 10.3. The quantitative estimate of drug-likeness (QED) is 0.897. The molecule has 1 N–H and O–H groups in total. The Hall–Kier alpha value is -1.88. The van der Waals surface area contributed by atoms with E-state index in [2.05, 4.69) is 5.32 Å². The molecule has 20 heavy (non-hydrogen) atoms. The van der Waals surface area contributed by atoms with Gasteiger partial charge in [-0.2, -0.15) is 0 Å². The molecule has 1 aromatic heterocycles. The van der Waals surface area contributed by atoms with E-state index < -0.39 is 0 Å². The molecule has 0 atom stereocenters. The summed E-state index contributed by atoms with van der Waals surface area (Å²) in [5, 5.41) is 4.85. The number of halogens is 1. The van der Waals surface area contributed by atoms with Crippen LogP contribution in [0.1, 0.15) is 17.4 Å². The van der Waals surface area contributed by atoms with Gasteiger partial charge in [-0.05, 0) is 36.1 Å². The van der Waals surface area contributed by atoms with Crippen LogP contribution in [-0.4, -0.2) is 17.5 Å². The second-order valence-corrected chi connectivity index (χ2v) is 5.41. The first-order valence-electron chi connectivity index (χ1n) is 6.48. The Morgan fingerprint density at radius 2 is 2.20 bits per heavy atom. The van der Waals surface area contributed by atoms with Crippen molar-refractivity contribution in [2.45, 2.75) is 20.0 Å². The molecule has 2 rings (SSSR count). The largest absolute Gasteiger partial charge is 0.333 e. The van der Waals surface area contributed by atoms with Crippen LogP contribution in [-0.2, 0) is 13.1 Å². The number of hydrogen-bond acceptors (Lipinski definition) is 2. The highest BCUT2D eigenvalue weighted by atomic mass is 32.1. The zero-order valence-electron chi connectivity index (χ0n) is 11.3. The molecule has 0 unspecified atom stereocenters. The van der Waals surface area contributed by atoms with Gasteiger partial charge in [-0.3, -0.25) is 0 Å². The molecule has 0 radical (unpaired) electrons. The first kappa shape index (κ1) is 14.5. The Bertz CT molecular complexity index is 557. The summed E-state index contributed by atoms with van der Waals surface area (Å²) >= 11 is 1.61. The van der Waals surface area contributed by atoms with Crippen molar-refractivity contribution in [2.24, 2.45) is 0 Å². The van der Waals surface area contributed by atoms with Crippen LogP contribution in [0.2, 0.25) is 0 Å². The summed E-state index contributed by atoms with van der Waals surface area (Å²) in [5.74, 6) is -0.280. The summed E-state index contributed by atoms with van der Waals surface area (Å²) in [6.07, 6.45) is 0. The van der Waals surface area contributed by atoms with E-state index in [9.17, 15) is 9.18 Å². The Balaban J connectivity index is 1.92. The maximum atomic E-state index is 13.1. The molecule has 2 amide bonds. The van der Waals surface area contributed by atoms with E-state index in [1.54, 1.807) is 22.3 Å². The van der Waals surface area contributed by atoms with Crippen LogP contribution in [0.4, 0.5) is 9.18 Å². The smallest absolute Gasteiger partial charge is 0.317 e. The van der Waals surface area contributed by atoms with E-state index in [1.165, 1.54) is 12.1 Å². The van der Waals surface area contributed by atoms with Crippen molar-refractivity contribution in [3.8, 4) is 0 Å². The van der Waals surface area contributed by atoms with Crippen molar-refractivity contribution in [1.29, 1.82) is 0 Å². The molecule has 106 valence electrons. The highest BCUT2D eigenvalue weighted by Gasteiger charge is 2.12. The second-order valence-electron chi connectivity index (χ2n) is 4.38. The fourth-order valence-electron chi connectivity index (χ4n) is 1.87. The molecule has 0 fully saturated rings. The molecule has 2 aromatic rings. The van der Waals surface area contributed by atoms with Gasteiger partial charge in [-0.25, -0.2) is 9.18 Å². The molecule has 1 aromatic carbocycles. The second kappa shape index (κ2) is 7.05. The first-order valence-corrected chi connectivity index (χ1v) is 7.36. The average Bonchev–Trinajstić information content (AvgIpc) is 2.95. The lowest BCUT2D eigenvalue weighted by atomic mass is 10.2. The summed E-state index contributed by atoms with van der Waals surface area (Å²) in [6.45, 7) is 3.41. The van der Waals surface area contributed by atoms with Crippen molar-refractivity contribution in [2.75, 3.05) is 6.54 Å². The predicted molar refractivity (Wildman–Crippen MR) is 79.0 cm³/mol. The molecule has 0 spiro atoms. The molecule has 3 nitrogen and oxygen atoms in total. The highest BCUT2D eigenvalue weighted by Crippen LogP contribution is 2.09. The van der Waals surface area contributed by atoms with Crippen LogP contribution in [0, 0.1) is 5.82 Å². The first-order chi connectivity index (χ1) is 9.69. The SMILES string of the molecule is CCN(Cc1cccc(F)c1)C(=O)NCc1cccs1. The van der Waals surface area contributed by atoms with Crippen LogP contribution in [0.25, 0.3) is 0 Å². The molecule has 0 aliphatic heterocycles. The van der Waals surface area contributed by atoms with Gasteiger partial charge < -0.3 is 10.2 Å². The van der Waals surface area contributed by atoms with Crippen molar-refractivity contribution in [1.82, 2.24) is 10.2 Å². The number of nitrogens with zero attached hydrogens (tertiary/aromatic N) is 1. The van der Waals surface area contributed by atoms with Gasteiger partial charge in [0, 0.05) is 18.0 Å². The maximum absolute atomic E-state index is 13.1. The number of thiophene rings is 1. The van der Waals surface area contributed by atoms with Gasteiger partial charge in [0.1, 0.15) is 5.82 Å². The fraction of sp³-hybridized carbons (Fsp3) is 0.267. The van der Waals surface area contributed by atoms with E-state index in [1.807, 2.05) is 30.5 Å². The Labute approximate surface area is 122 Å². The minimum atomic E-state index is -0.280. The van der Waals surface area contributed by atoms with Gasteiger partial charge >= 0.3 is 6.03 Å². The monoisotopic (exact) mass is 292 g/mol. The van der Waals surface area contributed by atoms with E-state index in [0.29, 0.717) is 19.6 Å². The summed E-state index contributed by atoms with van der Waals surface area (Å²) < 4.78 is 13.1. The van der Waals surface area contributed by atoms with E-state index >= 15 is 0 Å². The number of amides is 2. The van der Waals surface area contributed by atoms with Crippen molar-refractivity contribution >= 4 is 17.4 Å². The Kier molecular flexibility index (Phi) is 5.12. The minimum absolute atomic E-state index is 0.134. The fourth-order valence-corrected chi connectivity index (χ4v) is 2.52. The third-order valence-corrected chi connectivity index (χ3v) is 3.80. The zero-order chi connectivity index (χ0) is 14.4.